The van der Waals surface area contributed by atoms with E-state index in [0.29, 0.717) is 37.9 Å². The molecule has 5 rings (SSSR count). The number of nitrogens with zero attached hydrogens (tertiary/aromatic N) is 3. The van der Waals surface area contributed by atoms with E-state index in [1.54, 1.807) is 49.7 Å². The maximum Gasteiger partial charge on any atom is 0.238 e. The molecule has 1 aromatic heterocycles. The number of hydrogen-bond acceptors (Lipinski definition) is 9. The van der Waals surface area contributed by atoms with Gasteiger partial charge in [0.25, 0.3) is 0 Å². The third-order valence-electron chi connectivity index (χ3n) is 5.80. The van der Waals surface area contributed by atoms with Gasteiger partial charge >= 0.3 is 0 Å². The molecule has 2 heterocycles. The van der Waals surface area contributed by atoms with Crippen LogP contribution in [-0.2, 0) is 10.0 Å². The van der Waals surface area contributed by atoms with Crippen LogP contribution < -0.4 is 19.9 Å². The molecule has 39 heavy (non-hydrogen) atoms. The molecule has 0 radical (unpaired) electrons. The first-order chi connectivity index (χ1) is 18.7. The third kappa shape index (κ3) is 5.79. The Morgan fingerprint density at radius 2 is 1.82 bits per heavy atom. The van der Waals surface area contributed by atoms with Gasteiger partial charge in [0.1, 0.15) is 17.4 Å². The molecule has 0 amide bonds. The number of fused-ring (bicyclic) bond motifs is 1. The van der Waals surface area contributed by atoms with Crippen LogP contribution >= 0.6 is 22.9 Å². The number of allylic oxidation sites excluding steroid dienone is 1. The number of hydrogen-bond donors (Lipinski definition) is 2. The summed E-state index contributed by atoms with van der Waals surface area (Å²) in [6, 6.07) is 22.8. The molecule has 12 heteroatoms. The van der Waals surface area contributed by atoms with Crippen molar-refractivity contribution in [3.63, 3.8) is 0 Å². The van der Waals surface area contributed by atoms with Gasteiger partial charge in [-0.2, -0.15) is 10.2 Å². The number of nitrogens with one attached hydrogen (secondary N) is 1. The van der Waals surface area contributed by atoms with E-state index >= 15 is 0 Å². The highest BCUT2D eigenvalue weighted by Crippen LogP contribution is 2.47. The Morgan fingerprint density at radius 1 is 1.13 bits per heavy atom. The number of ether oxygens (including phenoxy) is 2. The molecule has 0 saturated carbocycles. The van der Waals surface area contributed by atoms with Crippen molar-refractivity contribution in [2.24, 2.45) is 10.1 Å². The van der Waals surface area contributed by atoms with Crippen LogP contribution in [0, 0.1) is 11.3 Å². The Labute approximate surface area is 233 Å². The van der Waals surface area contributed by atoms with Crippen LogP contribution in [0.15, 0.2) is 94.1 Å². The van der Waals surface area contributed by atoms with Crippen LogP contribution in [0.25, 0.3) is 0 Å². The van der Waals surface area contributed by atoms with E-state index in [9.17, 15) is 13.7 Å². The standard InChI is InChI=1S/C27H20ClN5O4S2/c1-36-20-10-4-17(5-11-20)23-22(14-29)25(31-15-16-2-6-18(28)7-3-16)37-26-24(23)38-27(33-26)32-19-8-12-21(13-9-19)39(30,34)35/h2-13,15,23H,1H3,(H,32,33)(H2,30,34,35). The molecule has 1 unspecified atom stereocenters. The number of methoxy groups -OCH3 is 1. The molecule has 1 atom stereocenters. The number of sulfonamides is 1. The largest absolute Gasteiger partial charge is 0.497 e. The Bertz CT molecular complexity index is 1720. The number of benzene rings is 3. The van der Waals surface area contributed by atoms with Crippen LogP contribution in [0.4, 0.5) is 10.8 Å². The van der Waals surface area contributed by atoms with Crippen molar-refractivity contribution < 1.29 is 17.9 Å². The summed E-state index contributed by atoms with van der Waals surface area (Å²) in [7, 11) is -2.22. The monoisotopic (exact) mass is 577 g/mol. The van der Waals surface area contributed by atoms with Crippen molar-refractivity contribution in [3.05, 3.63) is 105 Å². The lowest BCUT2D eigenvalue weighted by molar-refractivity contribution is 0.384. The first-order valence-electron chi connectivity index (χ1n) is 11.4. The van der Waals surface area contributed by atoms with Crippen molar-refractivity contribution >= 4 is 50.0 Å². The molecule has 0 spiro atoms. The number of aromatic nitrogens is 1. The summed E-state index contributed by atoms with van der Waals surface area (Å²) in [5.74, 6) is 0.644. The summed E-state index contributed by atoms with van der Waals surface area (Å²) in [6.07, 6.45) is 1.59. The van der Waals surface area contributed by atoms with Gasteiger partial charge in [-0.25, -0.2) is 18.5 Å². The first-order valence-corrected chi connectivity index (χ1v) is 14.2. The summed E-state index contributed by atoms with van der Waals surface area (Å²) < 4.78 is 34.5. The van der Waals surface area contributed by atoms with E-state index in [0.717, 1.165) is 11.1 Å². The average molecular weight is 578 g/mol. The van der Waals surface area contributed by atoms with Gasteiger partial charge in [0.15, 0.2) is 5.13 Å². The molecule has 0 fully saturated rings. The Hall–Kier alpha value is -4.21. The van der Waals surface area contributed by atoms with Crippen molar-refractivity contribution in [2.75, 3.05) is 12.4 Å². The van der Waals surface area contributed by atoms with Gasteiger partial charge in [-0.05, 0) is 59.7 Å². The maximum absolute atomic E-state index is 11.6. The minimum atomic E-state index is -3.81. The van der Waals surface area contributed by atoms with E-state index in [4.69, 9.17) is 26.2 Å². The van der Waals surface area contributed by atoms with Gasteiger partial charge in [0.05, 0.1) is 22.8 Å². The summed E-state index contributed by atoms with van der Waals surface area (Å²) in [4.78, 5) is 9.80. The molecule has 3 aromatic carbocycles. The zero-order chi connectivity index (χ0) is 27.6. The zero-order valence-electron chi connectivity index (χ0n) is 20.3. The Balaban J connectivity index is 1.53. The number of thiazole rings is 1. The normalized spacial score (nSPS) is 15.0. The lowest BCUT2D eigenvalue weighted by atomic mass is 9.89. The first kappa shape index (κ1) is 26.4. The lowest BCUT2D eigenvalue weighted by Gasteiger charge is -2.22. The number of nitriles is 1. The third-order valence-corrected chi connectivity index (χ3v) is 8.00. The van der Waals surface area contributed by atoms with E-state index in [-0.39, 0.29) is 10.8 Å². The molecule has 0 aliphatic carbocycles. The molecular weight excluding hydrogens is 558 g/mol. The van der Waals surface area contributed by atoms with Crippen LogP contribution in [0.5, 0.6) is 11.6 Å². The van der Waals surface area contributed by atoms with Crippen LogP contribution in [0.3, 0.4) is 0 Å². The van der Waals surface area contributed by atoms with Crippen molar-refractivity contribution in [1.82, 2.24) is 4.98 Å². The number of rotatable bonds is 7. The number of anilines is 2. The highest BCUT2D eigenvalue weighted by Gasteiger charge is 2.35. The molecule has 1 aliphatic heterocycles. The minimum Gasteiger partial charge on any atom is -0.497 e. The molecule has 3 N–H and O–H groups in total. The summed E-state index contributed by atoms with van der Waals surface area (Å²) in [5.41, 5.74) is 2.54. The second-order valence-corrected chi connectivity index (χ2v) is 11.4. The molecule has 1 aliphatic rings. The number of primary sulfonamides is 1. The molecule has 4 aromatic rings. The SMILES string of the molecule is COc1ccc(C2C(C#N)=C(N=Cc3ccc(Cl)cc3)Oc3nc(Nc4ccc(S(N)(=O)=O)cc4)sc32)cc1. The number of aliphatic imine (C=N–C) groups is 1. The number of halogens is 1. The van der Waals surface area contributed by atoms with E-state index in [1.165, 1.54) is 23.5 Å². The quantitative estimate of drug-likeness (QED) is 0.273. The molecular formula is C27H20ClN5O4S2. The topological polar surface area (TPSA) is 140 Å². The van der Waals surface area contributed by atoms with Gasteiger partial charge < -0.3 is 14.8 Å². The van der Waals surface area contributed by atoms with E-state index in [2.05, 4.69) is 21.4 Å². The van der Waals surface area contributed by atoms with Crippen molar-refractivity contribution in [2.45, 2.75) is 10.8 Å². The van der Waals surface area contributed by atoms with Crippen molar-refractivity contribution in [1.29, 1.82) is 5.26 Å². The smallest absolute Gasteiger partial charge is 0.238 e. The lowest BCUT2D eigenvalue weighted by Crippen LogP contribution is -2.14. The highest BCUT2D eigenvalue weighted by molar-refractivity contribution is 7.89. The summed E-state index contributed by atoms with van der Waals surface area (Å²) in [6.45, 7) is 0. The highest BCUT2D eigenvalue weighted by atomic mass is 35.5. The van der Waals surface area contributed by atoms with Crippen LogP contribution in [0.2, 0.25) is 5.02 Å². The Morgan fingerprint density at radius 3 is 2.44 bits per heavy atom. The van der Waals surface area contributed by atoms with E-state index < -0.39 is 15.9 Å². The number of nitrogens with two attached hydrogens (primary N) is 1. The molecule has 9 nitrogen and oxygen atoms in total. The van der Waals surface area contributed by atoms with Crippen LogP contribution in [-0.4, -0.2) is 26.7 Å². The maximum atomic E-state index is 11.6. The van der Waals surface area contributed by atoms with Gasteiger partial charge in [-0.15, -0.1) is 0 Å². The van der Waals surface area contributed by atoms with Crippen LogP contribution in [0.1, 0.15) is 21.9 Å². The fraction of sp³-hybridized carbons (Fsp3) is 0.0741. The van der Waals surface area contributed by atoms with Gasteiger partial charge in [0, 0.05) is 16.9 Å². The van der Waals surface area contributed by atoms with E-state index in [1.807, 2.05) is 24.3 Å². The van der Waals surface area contributed by atoms with Crippen molar-refractivity contribution in [3.8, 4) is 17.7 Å². The average Bonchev–Trinajstić information content (AvgIpc) is 3.33. The Kier molecular flexibility index (Phi) is 7.36. The second kappa shape index (κ2) is 10.9. The summed E-state index contributed by atoms with van der Waals surface area (Å²) >= 11 is 7.30. The predicted octanol–water partition coefficient (Wildman–Crippen LogP) is 5.57. The molecule has 0 saturated heterocycles. The fourth-order valence-corrected chi connectivity index (χ4v) is 5.58. The van der Waals surface area contributed by atoms with Gasteiger partial charge in [-0.3, -0.25) is 0 Å². The predicted molar refractivity (Wildman–Crippen MR) is 150 cm³/mol. The minimum absolute atomic E-state index is 0.000407. The van der Waals surface area contributed by atoms with Gasteiger partial charge in [-0.1, -0.05) is 47.2 Å². The molecule has 0 bridgehead atoms. The molecule has 196 valence electrons. The summed E-state index contributed by atoms with van der Waals surface area (Å²) in [5, 5.41) is 19.6. The zero-order valence-corrected chi connectivity index (χ0v) is 22.7. The second-order valence-electron chi connectivity index (χ2n) is 8.33. The fourth-order valence-electron chi connectivity index (χ4n) is 3.88. The van der Waals surface area contributed by atoms with Gasteiger partial charge in [0.2, 0.25) is 21.8 Å².